The summed E-state index contributed by atoms with van der Waals surface area (Å²) in [5.74, 6) is 1.36. The van der Waals surface area contributed by atoms with E-state index in [2.05, 4.69) is 5.73 Å². The van der Waals surface area contributed by atoms with Gasteiger partial charge in [0, 0.05) is 0 Å². The van der Waals surface area contributed by atoms with Crippen LogP contribution in [-0.2, 0) is 0 Å². The van der Waals surface area contributed by atoms with Crippen LogP contribution < -0.4 is 15.2 Å². The Morgan fingerprint density at radius 2 is 1.87 bits per heavy atom. The number of benzene rings is 1. The SMILES string of the molecule is CCOc1ccccc1OC[C@H](O)C[NH3+]. The highest BCUT2D eigenvalue weighted by molar-refractivity contribution is 5.39. The second-order valence-corrected chi connectivity index (χ2v) is 3.13. The highest BCUT2D eigenvalue weighted by Crippen LogP contribution is 2.26. The Labute approximate surface area is 89.6 Å². The minimum absolute atomic E-state index is 0.244. The maximum absolute atomic E-state index is 9.31. The van der Waals surface area contributed by atoms with Gasteiger partial charge in [0.05, 0.1) is 6.61 Å². The first-order chi connectivity index (χ1) is 7.27. The molecule has 0 bridgehead atoms. The lowest BCUT2D eigenvalue weighted by Gasteiger charge is -2.12. The van der Waals surface area contributed by atoms with Crippen LogP contribution in [0.4, 0.5) is 0 Å². The van der Waals surface area contributed by atoms with Gasteiger partial charge in [-0.2, -0.15) is 0 Å². The van der Waals surface area contributed by atoms with Crippen LogP contribution in [0.5, 0.6) is 11.5 Å². The number of rotatable bonds is 6. The standard InChI is InChI=1S/C11H17NO3/c1-2-14-10-5-3-4-6-11(10)15-8-9(13)7-12/h3-6,9,13H,2,7-8,12H2,1H3/p+1/t9-/m1/s1. The molecule has 84 valence electrons. The number of hydrogen-bond donors (Lipinski definition) is 2. The van der Waals surface area contributed by atoms with Gasteiger partial charge in [-0.3, -0.25) is 0 Å². The fraction of sp³-hybridized carbons (Fsp3) is 0.455. The molecule has 4 nitrogen and oxygen atoms in total. The van der Waals surface area contributed by atoms with E-state index in [1.54, 1.807) is 0 Å². The maximum Gasteiger partial charge on any atom is 0.161 e. The molecule has 0 aliphatic rings. The van der Waals surface area contributed by atoms with E-state index in [0.717, 1.165) is 0 Å². The summed E-state index contributed by atoms with van der Waals surface area (Å²) in [5.41, 5.74) is 3.60. The molecule has 0 saturated carbocycles. The smallest absolute Gasteiger partial charge is 0.161 e. The number of ether oxygens (including phenoxy) is 2. The van der Waals surface area contributed by atoms with E-state index in [1.807, 2.05) is 31.2 Å². The maximum atomic E-state index is 9.31. The first-order valence-electron chi connectivity index (χ1n) is 5.09. The van der Waals surface area contributed by atoms with Crippen LogP contribution in [0.15, 0.2) is 24.3 Å². The molecule has 0 heterocycles. The Balaban J connectivity index is 2.58. The van der Waals surface area contributed by atoms with Crippen molar-refractivity contribution >= 4 is 0 Å². The number of quaternary nitrogens is 1. The summed E-state index contributed by atoms with van der Waals surface area (Å²) in [6.45, 7) is 3.20. The van der Waals surface area contributed by atoms with Gasteiger partial charge in [0.1, 0.15) is 19.3 Å². The normalized spacial score (nSPS) is 12.2. The second kappa shape index (κ2) is 6.27. The van der Waals surface area contributed by atoms with E-state index >= 15 is 0 Å². The van der Waals surface area contributed by atoms with Crippen molar-refractivity contribution in [3.63, 3.8) is 0 Å². The number of hydrogen-bond acceptors (Lipinski definition) is 3. The summed E-state index contributed by atoms with van der Waals surface area (Å²) in [6, 6.07) is 7.42. The van der Waals surface area contributed by atoms with Crippen LogP contribution in [0.3, 0.4) is 0 Å². The minimum Gasteiger partial charge on any atom is -0.490 e. The predicted molar refractivity (Wildman–Crippen MR) is 56.9 cm³/mol. The summed E-state index contributed by atoms with van der Waals surface area (Å²) in [6.07, 6.45) is -0.528. The third kappa shape index (κ3) is 3.77. The zero-order valence-electron chi connectivity index (χ0n) is 8.98. The third-order valence-corrected chi connectivity index (χ3v) is 1.91. The zero-order chi connectivity index (χ0) is 11.1. The van der Waals surface area contributed by atoms with Crippen LogP contribution in [-0.4, -0.2) is 31.0 Å². The van der Waals surface area contributed by atoms with Gasteiger partial charge in [0.2, 0.25) is 0 Å². The lowest BCUT2D eigenvalue weighted by Crippen LogP contribution is -2.56. The molecular formula is C11H18NO3+. The summed E-state index contributed by atoms with van der Waals surface area (Å²) in [5, 5.41) is 9.31. The predicted octanol–water partition coefficient (Wildman–Crippen LogP) is 0.0669. The Morgan fingerprint density at radius 1 is 1.27 bits per heavy atom. The minimum atomic E-state index is -0.528. The summed E-state index contributed by atoms with van der Waals surface area (Å²) < 4.78 is 10.8. The molecule has 1 atom stereocenters. The molecule has 1 aromatic carbocycles. The molecule has 1 aromatic rings. The molecule has 0 unspecified atom stereocenters. The Kier molecular flexibility index (Phi) is 4.93. The molecule has 0 radical (unpaired) electrons. The quantitative estimate of drug-likeness (QED) is 0.701. The van der Waals surface area contributed by atoms with E-state index < -0.39 is 6.10 Å². The Hall–Kier alpha value is -1.26. The molecule has 15 heavy (non-hydrogen) atoms. The Bertz CT molecular complexity index is 291. The molecule has 0 aromatic heterocycles. The van der Waals surface area contributed by atoms with E-state index in [1.165, 1.54) is 0 Å². The highest BCUT2D eigenvalue weighted by Gasteiger charge is 2.07. The average molecular weight is 212 g/mol. The lowest BCUT2D eigenvalue weighted by molar-refractivity contribution is -0.384. The summed E-state index contributed by atoms with van der Waals surface area (Å²) in [7, 11) is 0. The molecule has 0 aliphatic carbocycles. The van der Waals surface area contributed by atoms with E-state index in [4.69, 9.17) is 9.47 Å². The van der Waals surface area contributed by atoms with Crippen LogP contribution in [0, 0.1) is 0 Å². The van der Waals surface area contributed by atoms with Gasteiger partial charge in [-0.15, -0.1) is 0 Å². The fourth-order valence-electron chi connectivity index (χ4n) is 1.11. The van der Waals surface area contributed by atoms with Crippen molar-refractivity contribution in [1.82, 2.24) is 0 Å². The topological polar surface area (TPSA) is 66.3 Å². The summed E-state index contributed by atoms with van der Waals surface area (Å²) >= 11 is 0. The van der Waals surface area contributed by atoms with Gasteiger partial charge in [0.25, 0.3) is 0 Å². The van der Waals surface area contributed by atoms with E-state index in [0.29, 0.717) is 24.7 Å². The van der Waals surface area contributed by atoms with Gasteiger partial charge >= 0.3 is 0 Å². The van der Waals surface area contributed by atoms with E-state index in [9.17, 15) is 5.11 Å². The first-order valence-corrected chi connectivity index (χ1v) is 5.09. The molecule has 0 saturated heterocycles. The third-order valence-electron chi connectivity index (χ3n) is 1.91. The lowest BCUT2D eigenvalue weighted by atomic mass is 10.3. The van der Waals surface area contributed by atoms with Crippen molar-refractivity contribution in [1.29, 1.82) is 0 Å². The second-order valence-electron chi connectivity index (χ2n) is 3.13. The summed E-state index contributed by atoms with van der Waals surface area (Å²) in [4.78, 5) is 0. The molecule has 0 amide bonds. The van der Waals surface area contributed by atoms with Crippen molar-refractivity contribution in [2.24, 2.45) is 0 Å². The fourth-order valence-corrected chi connectivity index (χ4v) is 1.11. The van der Waals surface area contributed by atoms with Crippen molar-refractivity contribution in [2.45, 2.75) is 13.0 Å². The Morgan fingerprint density at radius 3 is 2.40 bits per heavy atom. The van der Waals surface area contributed by atoms with Crippen LogP contribution in [0.25, 0.3) is 0 Å². The van der Waals surface area contributed by atoms with Crippen LogP contribution in [0.2, 0.25) is 0 Å². The van der Waals surface area contributed by atoms with Gasteiger partial charge in [-0.1, -0.05) is 12.1 Å². The van der Waals surface area contributed by atoms with Crippen molar-refractivity contribution in [3.8, 4) is 11.5 Å². The molecule has 0 spiro atoms. The number of aliphatic hydroxyl groups is 1. The van der Waals surface area contributed by atoms with Crippen LogP contribution in [0.1, 0.15) is 6.92 Å². The number of para-hydroxylation sites is 2. The monoisotopic (exact) mass is 212 g/mol. The van der Waals surface area contributed by atoms with Gasteiger partial charge in [-0.25, -0.2) is 0 Å². The zero-order valence-corrected chi connectivity index (χ0v) is 8.98. The molecule has 4 N–H and O–H groups in total. The van der Waals surface area contributed by atoms with Gasteiger partial charge < -0.3 is 20.3 Å². The van der Waals surface area contributed by atoms with E-state index in [-0.39, 0.29) is 6.61 Å². The molecule has 0 fully saturated rings. The van der Waals surface area contributed by atoms with Crippen molar-refractivity contribution in [3.05, 3.63) is 24.3 Å². The van der Waals surface area contributed by atoms with Gasteiger partial charge in [0.15, 0.2) is 11.5 Å². The molecule has 4 heteroatoms. The average Bonchev–Trinajstić information content (AvgIpc) is 2.28. The molecular weight excluding hydrogens is 194 g/mol. The highest BCUT2D eigenvalue weighted by atomic mass is 16.5. The van der Waals surface area contributed by atoms with Crippen molar-refractivity contribution in [2.75, 3.05) is 19.8 Å². The number of aliphatic hydroxyl groups excluding tert-OH is 1. The van der Waals surface area contributed by atoms with Crippen molar-refractivity contribution < 1.29 is 20.3 Å². The molecule has 0 aliphatic heterocycles. The first kappa shape index (κ1) is 11.8. The van der Waals surface area contributed by atoms with Gasteiger partial charge in [-0.05, 0) is 19.1 Å². The largest absolute Gasteiger partial charge is 0.490 e. The van der Waals surface area contributed by atoms with Crippen LogP contribution >= 0.6 is 0 Å². The molecule has 1 rings (SSSR count).